The highest BCUT2D eigenvalue weighted by Crippen LogP contribution is 2.28. The molecule has 122 valence electrons. The lowest BCUT2D eigenvalue weighted by atomic mass is 10.0. The van der Waals surface area contributed by atoms with Gasteiger partial charge in [0.1, 0.15) is 0 Å². The molecular weight excluding hydrogens is 324 g/mol. The minimum absolute atomic E-state index is 0.556. The number of hydrogen-bond donors (Lipinski definition) is 0. The quantitative estimate of drug-likeness (QED) is 0.732. The third kappa shape index (κ3) is 2.81. The molecule has 3 aromatic rings. The highest BCUT2D eigenvalue weighted by Gasteiger charge is 2.20. The van der Waals surface area contributed by atoms with E-state index in [9.17, 15) is 0 Å². The molecule has 6 heteroatoms. The predicted octanol–water partition coefficient (Wildman–Crippen LogP) is 3.25. The SMILES string of the molecule is COc1cc2c(nn1)CCN(Cc1c(Cl)ccc3cccnc13)C2. The van der Waals surface area contributed by atoms with Crippen molar-refractivity contribution in [2.75, 3.05) is 13.7 Å². The van der Waals surface area contributed by atoms with E-state index in [0.717, 1.165) is 58.8 Å². The molecule has 2 aromatic heterocycles. The molecule has 0 spiro atoms. The Morgan fingerprint density at radius 1 is 1.25 bits per heavy atom. The summed E-state index contributed by atoms with van der Waals surface area (Å²) in [6, 6.07) is 9.95. The van der Waals surface area contributed by atoms with E-state index >= 15 is 0 Å². The van der Waals surface area contributed by atoms with E-state index in [1.54, 1.807) is 7.11 Å². The van der Waals surface area contributed by atoms with Crippen molar-refractivity contribution in [3.8, 4) is 5.88 Å². The Kier molecular flexibility index (Phi) is 4.04. The van der Waals surface area contributed by atoms with Crippen LogP contribution >= 0.6 is 11.6 Å². The number of pyridine rings is 1. The van der Waals surface area contributed by atoms with Crippen molar-refractivity contribution in [2.24, 2.45) is 0 Å². The van der Waals surface area contributed by atoms with E-state index in [4.69, 9.17) is 16.3 Å². The molecule has 4 rings (SSSR count). The maximum Gasteiger partial charge on any atom is 0.233 e. The van der Waals surface area contributed by atoms with Gasteiger partial charge in [0.2, 0.25) is 5.88 Å². The molecular formula is C18H17ClN4O. The molecule has 0 unspecified atom stereocenters. The fraction of sp³-hybridized carbons (Fsp3) is 0.278. The summed E-state index contributed by atoms with van der Waals surface area (Å²) < 4.78 is 5.19. The largest absolute Gasteiger partial charge is 0.480 e. The lowest BCUT2D eigenvalue weighted by molar-refractivity contribution is 0.242. The van der Waals surface area contributed by atoms with Crippen molar-refractivity contribution in [2.45, 2.75) is 19.5 Å². The number of methoxy groups -OCH3 is 1. The zero-order valence-corrected chi connectivity index (χ0v) is 14.1. The van der Waals surface area contributed by atoms with Crippen LogP contribution in [0.3, 0.4) is 0 Å². The third-order valence-corrected chi connectivity index (χ3v) is 4.76. The number of fused-ring (bicyclic) bond motifs is 2. The van der Waals surface area contributed by atoms with E-state index in [1.807, 2.05) is 30.5 Å². The van der Waals surface area contributed by atoms with Gasteiger partial charge in [-0.1, -0.05) is 23.7 Å². The zero-order valence-electron chi connectivity index (χ0n) is 13.4. The van der Waals surface area contributed by atoms with Crippen molar-refractivity contribution >= 4 is 22.5 Å². The smallest absolute Gasteiger partial charge is 0.233 e. The molecule has 0 bridgehead atoms. The Morgan fingerprint density at radius 3 is 3.04 bits per heavy atom. The summed E-state index contributed by atoms with van der Waals surface area (Å²) >= 11 is 6.46. The molecule has 0 aliphatic carbocycles. The second-order valence-electron chi connectivity index (χ2n) is 5.92. The van der Waals surface area contributed by atoms with Gasteiger partial charge in [-0.15, -0.1) is 5.10 Å². The van der Waals surface area contributed by atoms with E-state index in [0.29, 0.717) is 5.88 Å². The minimum atomic E-state index is 0.556. The van der Waals surface area contributed by atoms with Gasteiger partial charge in [-0.3, -0.25) is 9.88 Å². The summed E-state index contributed by atoms with van der Waals surface area (Å²) in [5, 5.41) is 10.2. The molecule has 1 aromatic carbocycles. The molecule has 0 amide bonds. The first-order valence-corrected chi connectivity index (χ1v) is 8.26. The standard InChI is InChI=1S/C18H17ClN4O/c1-24-17-9-13-10-23(8-6-16(13)21-22-17)11-14-15(19)5-4-12-3-2-7-20-18(12)14/h2-5,7,9H,6,8,10-11H2,1H3. The minimum Gasteiger partial charge on any atom is -0.480 e. The van der Waals surface area contributed by atoms with Crippen LogP contribution in [0.4, 0.5) is 0 Å². The first kappa shape index (κ1) is 15.3. The lowest BCUT2D eigenvalue weighted by Crippen LogP contribution is -2.31. The molecule has 24 heavy (non-hydrogen) atoms. The van der Waals surface area contributed by atoms with E-state index < -0.39 is 0 Å². The fourth-order valence-electron chi connectivity index (χ4n) is 3.16. The number of halogens is 1. The summed E-state index contributed by atoms with van der Waals surface area (Å²) in [4.78, 5) is 6.89. The van der Waals surface area contributed by atoms with Crippen LogP contribution in [-0.2, 0) is 19.5 Å². The lowest BCUT2D eigenvalue weighted by Gasteiger charge is -2.28. The van der Waals surface area contributed by atoms with Crippen LogP contribution in [0.1, 0.15) is 16.8 Å². The molecule has 1 aliphatic rings. The molecule has 0 saturated heterocycles. The van der Waals surface area contributed by atoms with Crippen molar-refractivity contribution in [3.63, 3.8) is 0 Å². The Hall–Kier alpha value is -2.24. The van der Waals surface area contributed by atoms with Gasteiger partial charge in [0.05, 0.1) is 18.3 Å². The number of aromatic nitrogens is 3. The number of nitrogens with zero attached hydrogens (tertiary/aromatic N) is 4. The van der Waals surface area contributed by atoms with Gasteiger partial charge in [-0.05, 0) is 17.7 Å². The van der Waals surface area contributed by atoms with Crippen LogP contribution in [0, 0.1) is 0 Å². The van der Waals surface area contributed by atoms with Gasteiger partial charge in [-0.25, -0.2) is 0 Å². The molecule has 0 saturated carbocycles. The maximum absolute atomic E-state index is 6.46. The van der Waals surface area contributed by atoms with Crippen LogP contribution in [0.2, 0.25) is 5.02 Å². The van der Waals surface area contributed by atoms with Crippen LogP contribution in [0.25, 0.3) is 10.9 Å². The maximum atomic E-state index is 6.46. The predicted molar refractivity (Wildman–Crippen MR) is 93.2 cm³/mol. The average molecular weight is 341 g/mol. The number of ether oxygens (including phenoxy) is 1. The second-order valence-corrected chi connectivity index (χ2v) is 6.33. The Balaban J connectivity index is 1.64. The van der Waals surface area contributed by atoms with E-state index in [1.165, 1.54) is 0 Å². The Morgan fingerprint density at radius 2 is 2.17 bits per heavy atom. The van der Waals surface area contributed by atoms with Crippen molar-refractivity contribution in [1.82, 2.24) is 20.1 Å². The monoisotopic (exact) mass is 340 g/mol. The van der Waals surface area contributed by atoms with Crippen LogP contribution in [-0.4, -0.2) is 33.7 Å². The van der Waals surface area contributed by atoms with Gasteiger partial charge in [0.15, 0.2) is 0 Å². The zero-order chi connectivity index (χ0) is 16.5. The average Bonchev–Trinajstić information content (AvgIpc) is 2.63. The Bertz CT molecular complexity index is 899. The van der Waals surface area contributed by atoms with Crippen molar-refractivity contribution < 1.29 is 4.74 Å². The first-order valence-electron chi connectivity index (χ1n) is 7.88. The first-order chi connectivity index (χ1) is 11.7. The third-order valence-electron chi connectivity index (χ3n) is 4.41. The fourth-order valence-corrected chi connectivity index (χ4v) is 3.37. The molecule has 1 aliphatic heterocycles. The van der Waals surface area contributed by atoms with E-state index in [2.05, 4.69) is 26.1 Å². The second kappa shape index (κ2) is 6.34. The van der Waals surface area contributed by atoms with E-state index in [-0.39, 0.29) is 0 Å². The van der Waals surface area contributed by atoms with Crippen LogP contribution < -0.4 is 4.74 Å². The molecule has 0 fully saturated rings. The molecule has 3 heterocycles. The van der Waals surface area contributed by atoms with Crippen molar-refractivity contribution in [3.05, 3.63) is 58.4 Å². The summed E-state index contributed by atoms with van der Waals surface area (Å²) in [7, 11) is 1.61. The van der Waals surface area contributed by atoms with Gasteiger partial charge >= 0.3 is 0 Å². The summed E-state index contributed by atoms with van der Waals surface area (Å²) in [5.41, 5.74) is 4.26. The van der Waals surface area contributed by atoms with Crippen LogP contribution in [0.15, 0.2) is 36.5 Å². The molecule has 0 N–H and O–H groups in total. The number of benzene rings is 1. The van der Waals surface area contributed by atoms with Crippen molar-refractivity contribution in [1.29, 1.82) is 0 Å². The normalized spacial score (nSPS) is 14.6. The number of hydrogen-bond acceptors (Lipinski definition) is 5. The number of rotatable bonds is 3. The van der Waals surface area contributed by atoms with Gasteiger partial charge in [0, 0.05) is 54.3 Å². The highest BCUT2D eigenvalue weighted by atomic mass is 35.5. The molecule has 5 nitrogen and oxygen atoms in total. The van der Waals surface area contributed by atoms with Gasteiger partial charge in [-0.2, -0.15) is 5.10 Å². The van der Waals surface area contributed by atoms with Crippen LogP contribution in [0.5, 0.6) is 5.88 Å². The summed E-state index contributed by atoms with van der Waals surface area (Å²) in [5.74, 6) is 0.556. The topological polar surface area (TPSA) is 51.1 Å². The van der Waals surface area contributed by atoms with Gasteiger partial charge in [0.25, 0.3) is 0 Å². The molecule has 0 atom stereocenters. The summed E-state index contributed by atoms with van der Waals surface area (Å²) in [6.07, 6.45) is 2.69. The van der Waals surface area contributed by atoms with Gasteiger partial charge < -0.3 is 4.74 Å². The molecule has 0 radical (unpaired) electrons. The Labute approximate surface area is 145 Å². The highest BCUT2D eigenvalue weighted by molar-refractivity contribution is 6.32. The summed E-state index contributed by atoms with van der Waals surface area (Å²) in [6.45, 7) is 2.49.